The molecule has 0 radical (unpaired) electrons. The van der Waals surface area contributed by atoms with Gasteiger partial charge in [0.1, 0.15) is 5.82 Å². The third kappa shape index (κ3) is 4.30. The van der Waals surface area contributed by atoms with Gasteiger partial charge in [-0.25, -0.2) is 4.39 Å². The van der Waals surface area contributed by atoms with E-state index in [-0.39, 0.29) is 11.7 Å². The van der Waals surface area contributed by atoms with Crippen LogP contribution in [0.15, 0.2) is 48.5 Å². The maximum atomic E-state index is 12.9. The first-order valence-electron chi connectivity index (χ1n) is 6.37. The van der Waals surface area contributed by atoms with Gasteiger partial charge in [-0.05, 0) is 41.7 Å². The van der Waals surface area contributed by atoms with E-state index in [4.69, 9.17) is 0 Å². The molecular weight excluding hydrogens is 348 g/mol. The van der Waals surface area contributed by atoms with E-state index < -0.39 is 11.7 Å². The fraction of sp³-hybridized carbons (Fsp3) is 0.250. The van der Waals surface area contributed by atoms with Crippen LogP contribution in [0.5, 0.6) is 0 Å². The minimum atomic E-state index is -4.34. The second kappa shape index (κ2) is 6.60. The van der Waals surface area contributed by atoms with Crippen LogP contribution in [0.4, 0.5) is 17.6 Å². The molecule has 2 aromatic carbocycles. The highest BCUT2D eigenvalue weighted by molar-refractivity contribution is 9.09. The number of halogens is 5. The summed E-state index contributed by atoms with van der Waals surface area (Å²) in [5.41, 5.74) is 0.858. The molecule has 0 spiro atoms. The summed E-state index contributed by atoms with van der Waals surface area (Å²) >= 11 is 3.37. The van der Waals surface area contributed by atoms with Crippen LogP contribution < -0.4 is 0 Å². The molecule has 0 heterocycles. The van der Waals surface area contributed by atoms with E-state index >= 15 is 0 Å². The Labute approximate surface area is 128 Å². The molecule has 5 heteroatoms. The number of benzene rings is 2. The topological polar surface area (TPSA) is 0 Å². The molecule has 0 saturated heterocycles. The molecular formula is C16H13BrF4. The average Bonchev–Trinajstić information content (AvgIpc) is 2.45. The van der Waals surface area contributed by atoms with Gasteiger partial charge in [0, 0.05) is 5.33 Å². The van der Waals surface area contributed by atoms with Crippen LogP contribution in [0.25, 0.3) is 0 Å². The van der Waals surface area contributed by atoms with E-state index in [1.807, 2.05) is 0 Å². The number of hydrogen-bond donors (Lipinski definition) is 0. The lowest BCUT2D eigenvalue weighted by atomic mass is 9.93. The van der Waals surface area contributed by atoms with Gasteiger partial charge in [-0.2, -0.15) is 13.2 Å². The van der Waals surface area contributed by atoms with Gasteiger partial charge >= 0.3 is 6.18 Å². The molecule has 0 N–H and O–H groups in total. The quantitative estimate of drug-likeness (QED) is 0.494. The van der Waals surface area contributed by atoms with Crippen molar-refractivity contribution in [3.8, 4) is 0 Å². The van der Waals surface area contributed by atoms with Crippen molar-refractivity contribution in [2.24, 2.45) is 0 Å². The summed E-state index contributed by atoms with van der Waals surface area (Å²) in [4.78, 5) is 0. The molecule has 2 rings (SSSR count). The summed E-state index contributed by atoms with van der Waals surface area (Å²) < 4.78 is 51.0. The lowest BCUT2D eigenvalue weighted by Crippen LogP contribution is -2.08. The van der Waals surface area contributed by atoms with Crippen molar-refractivity contribution < 1.29 is 17.6 Å². The Morgan fingerprint density at radius 2 is 1.67 bits per heavy atom. The number of hydrogen-bond acceptors (Lipinski definition) is 0. The van der Waals surface area contributed by atoms with E-state index in [1.54, 1.807) is 18.2 Å². The van der Waals surface area contributed by atoms with Crippen LogP contribution >= 0.6 is 15.9 Å². The lowest BCUT2D eigenvalue weighted by Gasteiger charge is -2.16. The third-order valence-corrected chi connectivity index (χ3v) is 4.05. The van der Waals surface area contributed by atoms with Gasteiger partial charge < -0.3 is 0 Å². The fourth-order valence-corrected chi connectivity index (χ4v) is 2.76. The van der Waals surface area contributed by atoms with Crippen molar-refractivity contribution in [3.63, 3.8) is 0 Å². The highest BCUT2D eigenvalue weighted by atomic mass is 79.9. The van der Waals surface area contributed by atoms with Crippen molar-refractivity contribution in [1.82, 2.24) is 0 Å². The average molecular weight is 361 g/mol. The Morgan fingerprint density at radius 1 is 1.00 bits per heavy atom. The molecule has 21 heavy (non-hydrogen) atoms. The van der Waals surface area contributed by atoms with Gasteiger partial charge in [-0.1, -0.05) is 46.3 Å². The molecule has 2 aromatic rings. The van der Waals surface area contributed by atoms with Gasteiger partial charge in [-0.3, -0.25) is 0 Å². The predicted octanol–water partition coefficient (Wildman–Crippen LogP) is 5.57. The summed E-state index contributed by atoms with van der Waals surface area (Å²) in [6.07, 6.45) is -3.88. The minimum absolute atomic E-state index is 0.00548. The Kier molecular flexibility index (Phi) is 5.04. The van der Waals surface area contributed by atoms with Crippen molar-refractivity contribution in [2.45, 2.75) is 18.5 Å². The molecule has 112 valence electrons. The second-order valence-corrected chi connectivity index (χ2v) is 5.45. The van der Waals surface area contributed by atoms with Crippen molar-refractivity contribution in [2.75, 3.05) is 5.33 Å². The monoisotopic (exact) mass is 360 g/mol. The Balaban J connectivity index is 2.21. The number of alkyl halides is 4. The van der Waals surface area contributed by atoms with E-state index in [1.165, 1.54) is 24.3 Å². The van der Waals surface area contributed by atoms with Crippen molar-refractivity contribution >= 4 is 15.9 Å². The second-order valence-electron chi connectivity index (χ2n) is 4.81. The Hall–Kier alpha value is -1.36. The van der Waals surface area contributed by atoms with Crippen LogP contribution in [0.1, 0.15) is 22.6 Å². The van der Waals surface area contributed by atoms with Gasteiger partial charge in [0.25, 0.3) is 0 Å². The maximum Gasteiger partial charge on any atom is 0.416 e. The Bertz CT molecular complexity index is 590. The van der Waals surface area contributed by atoms with Gasteiger partial charge in [0.2, 0.25) is 0 Å². The molecule has 0 aliphatic rings. The number of rotatable bonds is 4. The highest BCUT2D eigenvalue weighted by Gasteiger charge is 2.30. The molecule has 0 saturated carbocycles. The SMILES string of the molecule is Fc1ccc(C(CBr)Cc2cccc(C(F)(F)F)c2)cc1. The molecule has 0 nitrogen and oxygen atoms in total. The molecule has 0 aliphatic carbocycles. The van der Waals surface area contributed by atoms with Crippen molar-refractivity contribution in [3.05, 3.63) is 71.0 Å². The molecule has 0 fully saturated rings. The third-order valence-electron chi connectivity index (χ3n) is 3.26. The van der Waals surface area contributed by atoms with Crippen LogP contribution in [-0.4, -0.2) is 5.33 Å². The van der Waals surface area contributed by atoms with Crippen LogP contribution in [0, 0.1) is 5.82 Å². The minimum Gasteiger partial charge on any atom is -0.207 e. The largest absolute Gasteiger partial charge is 0.416 e. The van der Waals surface area contributed by atoms with Gasteiger partial charge in [-0.15, -0.1) is 0 Å². The first-order valence-corrected chi connectivity index (χ1v) is 7.50. The molecule has 0 aliphatic heterocycles. The fourth-order valence-electron chi connectivity index (χ4n) is 2.16. The van der Waals surface area contributed by atoms with E-state index in [0.29, 0.717) is 17.3 Å². The van der Waals surface area contributed by atoms with Crippen LogP contribution in [0.3, 0.4) is 0 Å². The summed E-state index contributed by atoms with van der Waals surface area (Å²) in [6, 6.07) is 11.4. The summed E-state index contributed by atoms with van der Waals surface area (Å²) in [7, 11) is 0. The van der Waals surface area contributed by atoms with E-state index in [9.17, 15) is 17.6 Å². The van der Waals surface area contributed by atoms with Gasteiger partial charge in [0.05, 0.1) is 5.56 Å². The highest BCUT2D eigenvalue weighted by Crippen LogP contribution is 2.31. The molecule has 0 aromatic heterocycles. The molecule has 1 unspecified atom stereocenters. The Morgan fingerprint density at radius 3 is 2.24 bits per heavy atom. The van der Waals surface area contributed by atoms with E-state index in [2.05, 4.69) is 15.9 Å². The molecule has 1 atom stereocenters. The van der Waals surface area contributed by atoms with Gasteiger partial charge in [0.15, 0.2) is 0 Å². The molecule has 0 bridgehead atoms. The zero-order valence-electron chi connectivity index (χ0n) is 11.0. The zero-order chi connectivity index (χ0) is 15.5. The normalized spacial score (nSPS) is 13.2. The predicted molar refractivity (Wildman–Crippen MR) is 78.1 cm³/mol. The standard InChI is InChI=1S/C16H13BrF4/c17-10-13(12-4-6-15(18)7-5-12)8-11-2-1-3-14(9-11)16(19,20)21/h1-7,9,13H,8,10H2. The van der Waals surface area contributed by atoms with Crippen molar-refractivity contribution in [1.29, 1.82) is 0 Å². The lowest BCUT2D eigenvalue weighted by molar-refractivity contribution is -0.137. The maximum absolute atomic E-state index is 12.9. The first-order chi connectivity index (χ1) is 9.90. The summed E-state index contributed by atoms with van der Waals surface area (Å²) in [6.45, 7) is 0. The van der Waals surface area contributed by atoms with Crippen LogP contribution in [-0.2, 0) is 12.6 Å². The smallest absolute Gasteiger partial charge is 0.207 e. The zero-order valence-corrected chi connectivity index (χ0v) is 12.6. The summed E-state index contributed by atoms with van der Waals surface area (Å²) in [5.74, 6) is -0.333. The van der Waals surface area contributed by atoms with E-state index in [0.717, 1.165) is 11.6 Å². The van der Waals surface area contributed by atoms with Crippen LogP contribution in [0.2, 0.25) is 0 Å². The molecule has 0 amide bonds. The first kappa shape index (κ1) is 16.0. The summed E-state index contributed by atoms with van der Waals surface area (Å²) in [5, 5.41) is 0.592.